The van der Waals surface area contributed by atoms with Crippen molar-refractivity contribution in [3.8, 4) is 5.75 Å². The van der Waals surface area contributed by atoms with Crippen LogP contribution in [0.1, 0.15) is 24.8 Å². The van der Waals surface area contributed by atoms with E-state index in [1.165, 1.54) is 20.2 Å². The Hall–Kier alpha value is -2.35. The highest BCUT2D eigenvalue weighted by atomic mass is 32.2. The third-order valence-corrected chi connectivity index (χ3v) is 5.72. The van der Waals surface area contributed by atoms with Crippen LogP contribution in [0.4, 0.5) is 0 Å². The fourth-order valence-corrected chi connectivity index (χ4v) is 3.84. The van der Waals surface area contributed by atoms with Crippen LogP contribution in [0.15, 0.2) is 40.4 Å². The molecule has 1 aromatic rings. The third-order valence-electron chi connectivity index (χ3n) is 4.40. The largest absolute Gasteiger partial charge is 0.497 e. The molecule has 3 rings (SSSR count). The van der Waals surface area contributed by atoms with Gasteiger partial charge in [-0.2, -0.15) is 8.42 Å². The molecular weight excluding hydrogens is 342 g/mol. The molecular formula is C17H21N3O4S. The number of allylic oxidation sites excluding steroid dienone is 1. The minimum Gasteiger partial charge on any atom is -0.497 e. The number of likely N-dealkylation sites (tertiary alicyclic amines) is 1. The van der Waals surface area contributed by atoms with Gasteiger partial charge in [0.15, 0.2) is 0 Å². The molecule has 0 N–H and O–H groups in total. The van der Waals surface area contributed by atoms with Gasteiger partial charge in [0.1, 0.15) is 11.4 Å². The van der Waals surface area contributed by atoms with Crippen LogP contribution in [0, 0.1) is 0 Å². The number of carbonyl (C=O) groups is 1. The van der Waals surface area contributed by atoms with Gasteiger partial charge in [0, 0.05) is 25.7 Å². The van der Waals surface area contributed by atoms with Crippen LogP contribution >= 0.6 is 0 Å². The zero-order chi connectivity index (χ0) is 18.0. The molecule has 1 saturated heterocycles. The molecule has 0 radical (unpaired) electrons. The van der Waals surface area contributed by atoms with Crippen molar-refractivity contribution in [1.82, 2.24) is 9.21 Å². The Labute approximate surface area is 147 Å². The molecule has 1 amide bonds. The highest BCUT2D eigenvalue weighted by molar-refractivity contribution is 7.88. The summed E-state index contributed by atoms with van der Waals surface area (Å²) in [4.78, 5) is 14.5. The number of rotatable bonds is 3. The predicted molar refractivity (Wildman–Crippen MR) is 94.7 cm³/mol. The van der Waals surface area contributed by atoms with E-state index in [4.69, 9.17) is 4.74 Å². The summed E-state index contributed by atoms with van der Waals surface area (Å²) in [5.74, 6) is 0.315. The molecule has 0 bridgehead atoms. The average Bonchev–Trinajstić information content (AvgIpc) is 2.64. The lowest BCUT2D eigenvalue weighted by Crippen LogP contribution is -2.43. The molecule has 2 aliphatic rings. The van der Waals surface area contributed by atoms with E-state index in [1.807, 2.05) is 0 Å². The number of hydrogen-bond acceptors (Lipinski definition) is 4. The summed E-state index contributed by atoms with van der Waals surface area (Å²) in [5.41, 5.74) is 0.937. The Morgan fingerprint density at radius 1 is 1.20 bits per heavy atom. The van der Waals surface area contributed by atoms with Gasteiger partial charge >= 0.3 is 10.2 Å². The number of methoxy groups -OCH3 is 1. The number of benzene rings is 1. The Kier molecular flexibility index (Phi) is 4.80. The molecule has 8 heteroatoms. The van der Waals surface area contributed by atoms with Crippen LogP contribution in [0.25, 0.3) is 0 Å². The van der Waals surface area contributed by atoms with Gasteiger partial charge in [0.05, 0.1) is 12.8 Å². The molecule has 0 unspecified atom stereocenters. The van der Waals surface area contributed by atoms with Gasteiger partial charge in [-0.1, -0.05) is 12.1 Å². The zero-order valence-corrected chi connectivity index (χ0v) is 15.1. The minimum atomic E-state index is -3.95. The van der Waals surface area contributed by atoms with E-state index in [0.717, 1.165) is 23.6 Å². The maximum Gasteiger partial charge on any atom is 0.345 e. The van der Waals surface area contributed by atoms with E-state index in [9.17, 15) is 13.2 Å². The number of likely N-dealkylation sites (N-methyl/N-ethyl adjacent to an activating group) is 1. The number of ether oxygens (including phenoxy) is 1. The minimum absolute atomic E-state index is 0.120. The summed E-state index contributed by atoms with van der Waals surface area (Å²) in [6.07, 6.45) is 4.50. The smallest absolute Gasteiger partial charge is 0.345 e. The third kappa shape index (κ3) is 3.53. The van der Waals surface area contributed by atoms with Gasteiger partial charge in [-0.05, 0) is 37.5 Å². The van der Waals surface area contributed by atoms with E-state index < -0.39 is 10.2 Å². The Morgan fingerprint density at radius 2 is 1.92 bits per heavy atom. The molecule has 0 saturated carbocycles. The zero-order valence-electron chi connectivity index (χ0n) is 14.3. The first kappa shape index (κ1) is 17.5. The number of piperidine rings is 1. The standard InChI is InChI=1S/C17H21N3O4S/c1-19-16(17(21)20-9-4-3-5-10-20)12-15(18-25(19,22)23)13-7-6-8-14(11-13)24-2/h6-8,11-12H,3-5,9-10H2,1-2H3. The van der Waals surface area contributed by atoms with Gasteiger partial charge in [-0.25, -0.2) is 4.31 Å². The van der Waals surface area contributed by atoms with Crippen LogP contribution in [-0.4, -0.2) is 56.5 Å². The summed E-state index contributed by atoms with van der Waals surface area (Å²) in [6.45, 7) is 1.30. The lowest BCUT2D eigenvalue weighted by molar-refractivity contribution is -0.129. The fraction of sp³-hybridized carbons (Fsp3) is 0.412. The van der Waals surface area contributed by atoms with E-state index in [-0.39, 0.29) is 17.3 Å². The second-order valence-corrected chi connectivity index (χ2v) is 7.66. The Balaban J connectivity index is 2.00. The molecule has 7 nitrogen and oxygen atoms in total. The molecule has 0 aliphatic carbocycles. The van der Waals surface area contributed by atoms with Crippen LogP contribution in [0.2, 0.25) is 0 Å². The topological polar surface area (TPSA) is 79.3 Å². The maximum absolute atomic E-state index is 12.8. The number of hydrogen-bond donors (Lipinski definition) is 0. The highest BCUT2D eigenvalue weighted by Gasteiger charge is 2.32. The SMILES string of the molecule is COc1cccc(C2=NS(=O)(=O)N(C)C(C(=O)N3CCCCC3)=C2)c1. The van der Waals surface area contributed by atoms with E-state index in [2.05, 4.69) is 4.40 Å². The van der Waals surface area contributed by atoms with Crippen LogP contribution in [0.3, 0.4) is 0 Å². The fourth-order valence-electron chi connectivity index (χ4n) is 2.93. The lowest BCUT2D eigenvalue weighted by Gasteiger charge is -2.31. The Morgan fingerprint density at radius 3 is 2.60 bits per heavy atom. The second kappa shape index (κ2) is 6.87. The van der Waals surface area contributed by atoms with Crippen molar-refractivity contribution in [3.05, 3.63) is 41.6 Å². The highest BCUT2D eigenvalue weighted by Crippen LogP contribution is 2.24. The molecule has 0 atom stereocenters. The average molecular weight is 363 g/mol. The van der Waals surface area contributed by atoms with Crippen molar-refractivity contribution in [2.45, 2.75) is 19.3 Å². The molecule has 1 aromatic carbocycles. The summed E-state index contributed by atoms with van der Waals surface area (Å²) >= 11 is 0. The summed E-state index contributed by atoms with van der Waals surface area (Å²) < 4.78 is 34.8. The van der Waals surface area contributed by atoms with Crippen molar-refractivity contribution in [2.75, 3.05) is 27.2 Å². The number of carbonyl (C=O) groups excluding carboxylic acids is 1. The van der Waals surface area contributed by atoms with Gasteiger partial charge in [-0.3, -0.25) is 4.79 Å². The van der Waals surface area contributed by atoms with Crippen molar-refractivity contribution in [2.24, 2.45) is 4.40 Å². The first-order chi connectivity index (χ1) is 11.9. The van der Waals surface area contributed by atoms with Crippen LogP contribution < -0.4 is 4.74 Å². The molecule has 2 aliphatic heterocycles. The van der Waals surface area contributed by atoms with Crippen LogP contribution in [-0.2, 0) is 15.0 Å². The molecule has 2 heterocycles. The quantitative estimate of drug-likeness (QED) is 0.817. The first-order valence-electron chi connectivity index (χ1n) is 8.16. The predicted octanol–water partition coefficient (Wildman–Crippen LogP) is 1.57. The maximum atomic E-state index is 12.8. The van der Waals surface area contributed by atoms with Crippen molar-refractivity contribution < 1.29 is 17.9 Å². The van der Waals surface area contributed by atoms with E-state index in [1.54, 1.807) is 29.2 Å². The molecule has 134 valence electrons. The second-order valence-electron chi connectivity index (χ2n) is 6.04. The first-order valence-corrected chi connectivity index (χ1v) is 9.56. The van der Waals surface area contributed by atoms with Crippen molar-refractivity contribution >= 4 is 21.8 Å². The summed E-state index contributed by atoms with van der Waals surface area (Å²) in [7, 11) is -1.06. The van der Waals surface area contributed by atoms with Gasteiger partial charge in [0.25, 0.3) is 5.91 Å². The normalized spacial score (nSPS) is 19.9. The number of nitrogens with zero attached hydrogens (tertiary/aromatic N) is 3. The molecule has 0 aromatic heterocycles. The monoisotopic (exact) mass is 363 g/mol. The van der Waals surface area contributed by atoms with Gasteiger partial charge in [-0.15, -0.1) is 4.40 Å². The van der Waals surface area contributed by atoms with Crippen molar-refractivity contribution in [3.63, 3.8) is 0 Å². The van der Waals surface area contributed by atoms with E-state index in [0.29, 0.717) is 24.4 Å². The summed E-state index contributed by atoms with van der Waals surface area (Å²) in [6, 6.07) is 6.94. The molecule has 25 heavy (non-hydrogen) atoms. The number of amides is 1. The lowest BCUT2D eigenvalue weighted by atomic mass is 10.1. The van der Waals surface area contributed by atoms with E-state index >= 15 is 0 Å². The molecule has 0 spiro atoms. The Bertz CT molecular complexity index is 839. The van der Waals surface area contributed by atoms with Crippen LogP contribution in [0.5, 0.6) is 5.75 Å². The van der Waals surface area contributed by atoms with Gasteiger partial charge < -0.3 is 9.64 Å². The molecule has 1 fully saturated rings. The van der Waals surface area contributed by atoms with Gasteiger partial charge in [0.2, 0.25) is 0 Å². The summed E-state index contributed by atoms with van der Waals surface area (Å²) in [5, 5.41) is 0. The van der Waals surface area contributed by atoms with Crippen molar-refractivity contribution in [1.29, 1.82) is 0 Å².